The molecule has 1 N–H and O–H groups in total. The first-order valence-corrected chi connectivity index (χ1v) is 6.99. The summed E-state index contributed by atoms with van der Waals surface area (Å²) in [6, 6.07) is 7.39. The third-order valence-corrected chi connectivity index (χ3v) is 3.30. The maximum absolute atomic E-state index is 11.6. The van der Waals surface area contributed by atoms with Crippen LogP contribution in [0.5, 0.6) is 5.88 Å². The van der Waals surface area contributed by atoms with Gasteiger partial charge in [-0.15, -0.1) is 0 Å². The Kier molecular flexibility index (Phi) is 5.30. The first kappa shape index (κ1) is 15.8. The van der Waals surface area contributed by atoms with E-state index in [0.29, 0.717) is 11.4 Å². The predicted molar refractivity (Wildman–Crippen MR) is 83.0 cm³/mol. The van der Waals surface area contributed by atoms with Crippen LogP contribution in [-0.2, 0) is 4.74 Å². The molecule has 22 heavy (non-hydrogen) atoms. The summed E-state index contributed by atoms with van der Waals surface area (Å²) in [5, 5.41) is 3.33. The molecule has 0 aliphatic rings. The van der Waals surface area contributed by atoms with Crippen LogP contribution in [0.15, 0.2) is 36.7 Å². The molecule has 1 unspecified atom stereocenters. The first-order chi connectivity index (χ1) is 10.7. The molecule has 6 nitrogen and oxygen atoms in total. The largest absolute Gasteiger partial charge is 0.480 e. The normalized spacial score (nSPS) is 11.6. The number of carbonyl (C=O) groups excluding carboxylic acids is 1. The van der Waals surface area contributed by atoms with E-state index >= 15 is 0 Å². The number of anilines is 1. The quantitative estimate of drug-likeness (QED) is 0.827. The molecule has 0 amide bonds. The SMILES string of the molecule is CCC(Nc1ccc(C(=O)OC)c(OC)n1)c1ccncc1. The second-order valence-corrected chi connectivity index (χ2v) is 4.63. The Morgan fingerprint density at radius 2 is 1.95 bits per heavy atom. The Morgan fingerprint density at radius 3 is 2.55 bits per heavy atom. The van der Waals surface area contributed by atoms with Crippen molar-refractivity contribution < 1.29 is 14.3 Å². The fourth-order valence-electron chi connectivity index (χ4n) is 2.14. The van der Waals surface area contributed by atoms with Crippen LogP contribution in [-0.4, -0.2) is 30.2 Å². The van der Waals surface area contributed by atoms with E-state index in [2.05, 4.69) is 22.2 Å². The lowest BCUT2D eigenvalue weighted by atomic mass is 10.1. The van der Waals surface area contributed by atoms with Gasteiger partial charge >= 0.3 is 5.97 Å². The topological polar surface area (TPSA) is 73.3 Å². The summed E-state index contributed by atoms with van der Waals surface area (Å²) in [5.74, 6) is 0.395. The molecular formula is C16H19N3O3. The van der Waals surface area contributed by atoms with E-state index < -0.39 is 5.97 Å². The summed E-state index contributed by atoms with van der Waals surface area (Å²) in [7, 11) is 2.79. The van der Waals surface area contributed by atoms with E-state index in [-0.39, 0.29) is 11.9 Å². The second kappa shape index (κ2) is 7.40. The highest BCUT2D eigenvalue weighted by atomic mass is 16.5. The first-order valence-electron chi connectivity index (χ1n) is 6.99. The Labute approximate surface area is 129 Å². The molecule has 2 aromatic rings. The van der Waals surface area contributed by atoms with Gasteiger partial charge in [0.05, 0.1) is 20.3 Å². The number of aromatic nitrogens is 2. The van der Waals surface area contributed by atoms with Crippen LogP contribution in [0.1, 0.15) is 35.3 Å². The summed E-state index contributed by atoms with van der Waals surface area (Å²) in [4.78, 5) is 20.0. The number of carbonyl (C=O) groups is 1. The predicted octanol–water partition coefficient (Wildman–Crippen LogP) is 2.84. The molecule has 0 spiro atoms. The summed E-state index contributed by atoms with van der Waals surface area (Å²) in [6.45, 7) is 2.08. The number of nitrogens with one attached hydrogen (secondary N) is 1. The average molecular weight is 301 g/mol. The monoisotopic (exact) mass is 301 g/mol. The Bertz CT molecular complexity index is 632. The van der Waals surface area contributed by atoms with Crippen molar-refractivity contribution >= 4 is 11.8 Å². The standard InChI is InChI=1S/C16H19N3O3/c1-4-13(11-7-9-17-10-8-11)18-14-6-5-12(16(20)22-3)15(19-14)21-2/h5-10,13H,4H2,1-3H3,(H,18,19). The van der Waals surface area contributed by atoms with Crippen LogP contribution >= 0.6 is 0 Å². The third-order valence-electron chi connectivity index (χ3n) is 3.30. The minimum absolute atomic E-state index is 0.101. The highest BCUT2D eigenvalue weighted by Crippen LogP contribution is 2.24. The van der Waals surface area contributed by atoms with Crippen LogP contribution in [0.3, 0.4) is 0 Å². The molecule has 2 aromatic heterocycles. The van der Waals surface area contributed by atoms with Crippen LogP contribution in [0, 0.1) is 0 Å². The highest BCUT2D eigenvalue weighted by Gasteiger charge is 2.16. The fraction of sp³-hybridized carbons (Fsp3) is 0.312. The minimum Gasteiger partial charge on any atom is -0.480 e. The average Bonchev–Trinajstić information content (AvgIpc) is 2.59. The van der Waals surface area contributed by atoms with Gasteiger partial charge in [-0.3, -0.25) is 4.98 Å². The van der Waals surface area contributed by atoms with Crippen molar-refractivity contribution in [2.75, 3.05) is 19.5 Å². The van der Waals surface area contributed by atoms with Gasteiger partial charge in [0.2, 0.25) is 5.88 Å². The number of hydrogen-bond acceptors (Lipinski definition) is 6. The van der Waals surface area contributed by atoms with Crippen LogP contribution in [0.4, 0.5) is 5.82 Å². The highest BCUT2D eigenvalue weighted by molar-refractivity contribution is 5.92. The minimum atomic E-state index is -0.475. The number of pyridine rings is 2. The van der Waals surface area contributed by atoms with Crippen LogP contribution in [0.2, 0.25) is 0 Å². The maximum atomic E-state index is 11.6. The molecule has 0 aromatic carbocycles. The Hall–Kier alpha value is -2.63. The van der Waals surface area contributed by atoms with E-state index in [1.165, 1.54) is 14.2 Å². The zero-order valence-electron chi connectivity index (χ0n) is 12.9. The molecule has 1 atom stereocenters. The van der Waals surface area contributed by atoms with Gasteiger partial charge in [0.25, 0.3) is 0 Å². The molecular weight excluding hydrogens is 282 g/mol. The number of nitrogens with zero attached hydrogens (tertiary/aromatic N) is 2. The number of hydrogen-bond donors (Lipinski definition) is 1. The van der Waals surface area contributed by atoms with E-state index in [1.54, 1.807) is 24.5 Å². The smallest absolute Gasteiger partial charge is 0.343 e. The lowest BCUT2D eigenvalue weighted by Gasteiger charge is -2.18. The van der Waals surface area contributed by atoms with Crippen molar-refractivity contribution in [3.8, 4) is 5.88 Å². The van der Waals surface area contributed by atoms with E-state index in [4.69, 9.17) is 9.47 Å². The molecule has 116 valence electrons. The van der Waals surface area contributed by atoms with E-state index in [1.807, 2.05) is 12.1 Å². The van der Waals surface area contributed by atoms with Crippen molar-refractivity contribution in [3.05, 3.63) is 47.8 Å². The third kappa shape index (κ3) is 3.52. The zero-order valence-corrected chi connectivity index (χ0v) is 12.9. The molecule has 0 fully saturated rings. The zero-order chi connectivity index (χ0) is 15.9. The fourth-order valence-corrected chi connectivity index (χ4v) is 2.14. The van der Waals surface area contributed by atoms with Crippen molar-refractivity contribution in [3.63, 3.8) is 0 Å². The molecule has 6 heteroatoms. The summed E-state index contributed by atoms with van der Waals surface area (Å²) in [6.07, 6.45) is 4.40. The van der Waals surface area contributed by atoms with Crippen molar-refractivity contribution in [1.29, 1.82) is 0 Å². The van der Waals surface area contributed by atoms with E-state index in [0.717, 1.165) is 12.0 Å². The molecule has 0 aliphatic carbocycles. The second-order valence-electron chi connectivity index (χ2n) is 4.63. The summed E-state index contributed by atoms with van der Waals surface area (Å²) < 4.78 is 9.87. The number of methoxy groups -OCH3 is 2. The van der Waals surface area contributed by atoms with Gasteiger partial charge in [0.1, 0.15) is 11.4 Å². The Morgan fingerprint density at radius 1 is 1.23 bits per heavy atom. The van der Waals surface area contributed by atoms with Crippen LogP contribution < -0.4 is 10.1 Å². The lowest BCUT2D eigenvalue weighted by Crippen LogP contribution is -2.12. The Balaban J connectivity index is 2.24. The van der Waals surface area contributed by atoms with Gasteiger partial charge < -0.3 is 14.8 Å². The van der Waals surface area contributed by atoms with Crippen molar-refractivity contribution in [2.45, 2.75) is 19.4 Å². The van der Waals surface area contributed by atoms with Gasteiger partial charge in [0.15, 0.2) is 0 Å². The van der Waals surface area contributed by atoms with Gasteiger partial charge in [-0.05, 0) is 36.2 Å². The molecule has 0 saturated heterocycles. The maximum Gasteiger partial charge on any atom is 0.343 e. The number of rotatable bonds is 6. The van der Waals surface area contributed by atoms with Crippen LogP contribution in [0.25, 0.3) is 0 Å². The van der Waals surface area contributed by atoms with Gasteiger partial charge in [-0.2, -0.15) is 4.98 Å². The van der Waals surface area contributed by atoms with Gasteiger partial charge in [-0.25, -0.2) is 4.79 Å². The molecule has 2 rings (SSSR count). The molecule has 0 aliphatic heterocycles. The molecule has 0 bridgehead atoms. The molecule has 0 radical (unpaired) electrons. The van der Waals surface area contributed by atoms with E-state index in [9.17, 15) is 4.79 Å². The lowest BCUT2D eigenvalue weighted by molar-refractivity contribution is 0.0596. The number of esters is 1. The summed E-state index contributed by atoms with van der Waals surface area (Å²) >= 11 is 0. The van der Waals surface area contributed by atoms with Gasteiger partial charge in [-0.1, -0.05) is 6.92 Å². The molecule has 2 heterocycles. The summed E-state index contributed by atoms with van der Waals surface area (Å²) in [5.41, 5.74) is 1.42. The van der Waals surface area contributed by atoms with Crippen molar-refractivity contribution in [2.24, 2.45) is 0 Å². The van der Waals surface area contributed by atoms with Crippen molar-refractivity contribution in [1.82, 2.24) is 9.97 Å². The number of ether oxygens (including phenoxy) is 2. The molecule has 0 saturated carbocycles. The van der Waals surface area contributed by atoms with Gasteiger partial charge in [0, 0.05) is 12.4 Å².